The van der Waals surface area contributed by atoms with E-state index in [1.165, 1.54) is 12.0 Å². The third kappa shape index (κ3) is 3.47. The first-order valence-electron chi connectivity index (χ1n) is 8.29. The number of aryl methyl sites for hydroxylation is 1. The van der Waals surface area contributed by atoms with E-state index in [0.717, 1.165) is 42.9 Å². The Morgan fingerprint density at radius 3 is 2.57 bits per heavy atom. The molecule has 0 aliphatic carbocycles. The van der Waals surface area contributed by atoms with Crippen molar-refractivity contribution in [2.75, 3.05) is 23.3 Å². The molecule has 0 amide bonds. The summed E-state index contributed by atoms with van der Waals surface area (Å²) in [6, 6.07) is 0.535. The first kappa shape index (κ1) is 16.1. The molecular weight excluding hydrogens is 260 g/mol. The predicted octanol–water partition coefficient (Wildman–Crippen LogP) is 3.79. The van der Waals surface area contributed by atoms with E-state index in [0.29, 0.717) is 12.0 Å². The molecular formula is C17H30N4. The highest BCUT2D eigenvalue weighted by molar-refractivity contribution is 5.59. The van der Waals surface area contributed by atoms with Crippen LogP contribution in [0.1, 0.15) is 51.9 Å². The quantitative estimate of drug-likeness (QED) is 0.916. The van der Waals surface area contributed by atoms with Gasteiger partial charge >= 0.3 is 0 Å². The van der Waals surface area contributed by atoms with Crippen molar-refractivity contribution in [3.8, 4) is 0 Å². The SMILES string of the molecule is CCCNc1nc(C)nc(N2CC(C)CC(C)C2C)c1C. The molecule has 1 fully saturated rings. The van der Waals surface area contributed by atoms with Gasteiger partial charge in [-0.2, -0.15) is 0 Å². The van der Waals surface area contributed by atoms with Gasteiger partial charge in [-0.25, -0.2) is 9.97 Å². The number of aromatic nitrogens is 2. The van der Waals surface area contributed by atoms with E-state index in [2.05, 4.69) is 49.8 Å². The van der Waals surface area contributed by atoms with Crippen LogP contribution in [0.15, 0.2) is 0 Å². The molecule has 0 bridgehead atoms. The van der Waals surface area contributed by atoms with Gasteiger partial charge in [-0.3, -0.25) is 0 Å². The van der Waals surface area contributed by atoms with E-state index >= 15 is 0 Å². The van der Waals surface area contributed by atoms with Crippen molar-refractivity contribution in [1.29, 1.82) is 0 Å². The van der Waals surface area contributed by atoms with Crippen molar-refractivity contribution in [1.82, 2.24) is 9.97 Å². The van der Waals surface area contributed by atoms with Crippen molar-refractivity contribution in [3.63, 3.8) is 0 Å². The second-order valence-electron chi connectivity index (χ2n) is 6.71. The van der Waals surface area contributed by atoms with Gasteiger partial charge in [-0.05, 0) is 45.4 Å². The molecule has 0 radical (unpaired) electrons. The number of hydrogen-bond donors (Lipinski definition) is 1. The van der Waals surface area contributed by atoms with Crippen LogP contribution < -0.4 is 10.2 Å². The lowest BCUT2D eigenvalue weighted by molar-refractivity contribution is 0.295. The number of nitrogens with zero attached hydrogens (tertiary/aromatic N) is 3. The zero-order chi connectivity index (χ0) is 15.6. The normalized spacial score (nSPS) is 26.0. The summed E-state index contributed by atoms with van der Waals surface area (Å²) in [4.78, 5) is 11.8. The Hall–Kier alpha value is -1.32. The first-order valence-corrected chi connectivity index (χ1v) is 8.29. The minimum Gasteiger partial charge on any atom is -0.370 e. The van der Waals surface area contributed by atoms with Gasteiger partial charge in [0.2, 0.25) is 0 Å². The third-order valence-electron chi connectivity index (χ3n) is 4.64. The van der Waals surface area contributed by atoms with Crippen LogP contribution in [0.4, 0.5) is 11.6 Å². The molecule has 1 saturated heterocycles. The molecule has 0 spiro atoms. The Balaban J connectivity index is 2.35. The van der Waals surface area contributed by atoms with Gasteiger partial charge in [0.05, 0.1) is 0 Å². The molecule has 4 heteroatoms. The molecule has 0 saturated carbocycles. The fourth-order valence-corrected chi connectivity index (χ4v) is 3.30. The standard InChI is InChI=1S/C17H30N4/c1-7-8-18-16-13(4)17(20-15(6)19-16)21-10-11(2)9-12(3)14(21)5/h11-12,14H,7-10H2,1-6H3,(H,18,19,20). The lowest BCUT2D eigenvalue weighted by Gasteiger charge is -2.42. The van der Waals surface area contributed by atoms with Gasteiger partial charge < -0.3 is 10.2 Å². The maximum atomic E-state index is 4.76. The molecule has 1 aliphatic heterocycles. The van der Waals surface area contributed by atoms with Gasteiger partial charge in [0, 0.05) is 24.7 Å². The van der Waals surface area contributed by atoms with Crippen LogP contribution in [0, 0.1) is 25.7 Å². The zero-order valence-electron chi connectivity index (χ0n) is 14.4. The topological polar surface area (TPSA) is 41.1 Å². The number of hydrogen-bond acceptors (Lipinski definition) is 4. The van der Waals surface area contributed by atoms with Gasteiger partial charge in [0.25, 0.3) is 0 Å². The first-order chi connectivity index (χ1) is 9.93. The summed E-state index contributed by atoms with van der Waals surface area (Å²) in [6.07, 6.45) is 2.41. The number of rotatable bonds is 4. The average Bonchev–Trinajstić information content (AvgIpc) is 2.43. The van der Waals surface area contributed by atoms with Gasteiger partial charge in [-0.15, -0.1) is 0 Å². The summed E-state index contributed by atoms with van der Waals surface area (Å²) in [6.45, 7) is 15.4. The molecule has 3 atom stereocenters. The van der Waals surface area contributed by atoms with Crippen LogP contribution in [0.25, 0.3) is 0 Å². The minimum atomic E-state index is 0.535. The van der Waals surface area contributed by atoms with Crippen LogP contribution in [0.2, 0.25) is 0 Å². The van der Waals surface area contributed by atoms with Crippen molar-refractivity contribution in [3.05, 3.63) is 11.4 Å². The van der Waals surface area contributed by atoms with Gasteiger partial charge in [-0.1, -0.05) is 20.8 Å². The fourth-order valence-electron chi connectivity index (χ4n) is 3.30. The Morgan fingerprint density at radius 2 is 1.90 bits per heavy atom. The number of nitrogens with one attached hydrogen (secondary N) is 1. The molecule has 1 aliphatic rings. The predicted molar refractivity (Wildman–Crippen MR) is 90.0 cm³/mol. The monoisotopic (exact) mass is 290 g/mol. The summed E-state index contributed by atoms with van der Waals surface area (Å²) in [7, 11) is 0. The lowest BCUT2D eigenvalue weighted by Crippen LogP contribution is -2.46. The van der Waals surface area contributed by atoms with E-state index in [1.54, 1.807) is 0 Å². The lowest BCUT2D eigenvalue weighted by atomic mass is 9.86. The van der Waals surface area contributed by atoms with Gasteiger partial charge in [0.15, 0.2) is 0 Å². The summed E-state index contributed by atoms with van der Waals surface area (Å²) in [5.41, 5.74) is 1.18. The van der Waals surface area contributed by atoms with Gasteiger partial charge in [0.1, 0.15) is 17.5 Å². The average molecular weight is 290 g/mol. The van der Waals surface area contributed by atoms with E-state index in [1.807, 2.05) is 6.92 Å². The molecule has 4 nitrogen and oxygen atoms in total. The van der Waals surface area contributed by atoms with Crippen LogP contribution >= 0.6 is 0 Å². The number of piperidine rings is 1. The maximum absolute atomic E-state index is 4.76. The largest absolute Gasteiger partial charge is 0.370 e. The molecule has 2 heterocycles. The Kier molecular flexibility index (Phi) is 5.07. The molecule has 0 aromatic carbocycles. The van der Waals surface area contributed by atoms with E-state index in [9.17, 15) is 0 Å². The molecule has 2 rings (SSSR count). The number of anilines is 2. The Bertz CT molecular complexity index is 486. The Morgan fingerprint density at radius 1 is 1.19 bits per heavy atom. The second-order valence-corrected chi connectivity index (χ2v) is 6.71. The highest BCUT2D eigenvalue weighted by Gasteiger charge is 2.31. The molecule has 1 aromatic rings. The summed E-state index contributed by atoms with van der Waals surface area (Å²) < 4.78 is 0. The van der Waals surface area contributed by atoms with Crippen molar-refractivity contribution >= 4 is 11.6 Å². The zero-order valence-corrected chi connectivity index (χ0v) is 14.4. The fraction of sp³-hybridized carbons (Fsp3) is 0.765. The third-order valence-corrected chi connectivity index (χ3v) is 4.64. The summed E-state index contributed by atoms with van der Waals surface area (Å²) in [5.74, 6) is 4.39. The van der Waals surface area contributed by atoms with E-state index in [-0.39, 0.29) is 0 Å². The highest BCUT2D eigenvalue weighted by Crippen LogP contribution is 2.33. The van der Waals surface area contributed by atoms with E-state index in [4.69, 9.17) is 4.98 Å². The molecule has 118 valence electrons. The van der Waals surface area contributed by atoms with E-state index < -0.39 is 0 Å². The van der Waals surface area contributed by atoms with Crippen molar-refractivity contribution in [2.24, 2.45) is 11.8 Å². The molecule has 3 unspecified atom stereocenters. The summed E-state index contributed by atoms with van der Waals surface area (Å²) >= 11 is 0. The van der Waals surface area contributed by atoms with Crippen LogP contribution in [0.3, 0.4) is 0 Å². The van der Waals surface area contributed by atoms with Crippen LogP contribution in [0.5, 0.6) is 0 Å². The van der Waals surface area contributed by atoms with Crippen molar-refractivity contribution in [2.45, 2.75) is 60.4 Å². The molecule has 1 aromatic heterocycles. The second kappa shape index (κ2) is 6.63. The minimum absolute atomic E-state index is 0.535. The van der Waals surface area contributed by atoms with Crippen LogP contribution in [-0.4, -0.2) is 29.1 Å². The van der Waals surface area contributed by atoms with Crippen molar-refractivity contribution < 1.29 is 0 Å². The van der Waals surface area contributed by atoms with Crippen LogP contribution in [-0.2, 0) is 0 Å². The Labute approximate surface area is 129 Å². The smallest absolute Gasteiger partial charge is 0.137 e. The maximum Gasteiger partial charge on any atom is 0.137 e. The molecule has 21 heavy (non-hydrogen) atoms. The summed E-state index contributed by atoms with van der Waals surface area (Å²) in [5, 5.41) is 3.44. The molecule has 1 N–H and O–H groups in total. The highest BCUT2D eigenvalue weighted by atomic mass is 15.2.